The fourth-order valence-corrected chi connectivity index (χ4v) is 5.56. The lowest BCUT2D eigenvalue weighted by atomic mass is 10.1. The molecule has 0 aliphatic heterocycles. The highest BCUT2D eigenvalue weighted by Gasteiger charge is 2.25. The van der Waals surface area contributed by atoms with E-state index < -0.39 is 13.9 Å². The van der Waals surface area contributed by atoms with Gasteiger partial charge in [0.15, 0.2) is 0 Å². The first-order valence-electron chi connectivity index (χ1n) is 18.5. The Bertz CT molecular complexity index is 803. The average Bonchev–Trinajstić information content (AvgIpc) is 3.04. The molecule has 0 heterocycles. The molecule has 0 aromatic rings. The SMILES string of the molecule is CCC/C=C\C/C=C\CCCCCCCCOCC(COP(=O)(O)OCCN)OC(=O)CCCCCCC/C=C\CCCCCC. The minimum absolute atomic E-state index is 0.0965. The van der Waals surface area contributed by atoms with Gasteiger partial charge >= 0.3 is 13.8 Å². The molecule has 0 aliphatic rings. The number of hydrogen-bond donors (Lipinski definition) is 2. The number of nitrogens with two attached hydrogens (primary N) is 1. The van der Waals surface area contributed by atoms with E-state index in [0.29, 0.717) is 13.0 Å². The molecule has 0 aliphatic carbocycles. The maximum atomic E-state index is 12.5. The smallest absolute Gasteiger partial charge is 0.457 e. The quantitative estimate of drug-likeness (QED) is 0.0296. The van der Waals surface area contributed by atoms with Crippen LogP contribution in [0.5, 0.6) is 0 Å². The van der Waals surface area contributed by atoms with E-state index in [1.807, 2.05) is 0 Å². The molecule has 9 heteroatoms. The van der Waals surface area contributed by atoms with Crippen molar-refractivity contribution >= 4 is 13.8 Å². The number of unbranched alkanes of at least 4 members (excludes halogenated alkanes) is 16. The van der Waals surface area contributed by atoms with Crippen molar-refractivity contribution in [3.63, 3.8) is 0 Å². The van der Waals surface area contributed by atoms with Crippen LogP contribution in [0.25, 0.3) is 0 Å². The minimum Gasteiger partial charge on any atom is -0.457 e. The van der Waals surface area contributed by atoms with Gasteiger partial charge in [-0.05, 0) is 64.2 Å². The molecule has 2 unspecified atom stereocenters. The number of phosphoric ester groups is 1. The van der Waals surface area contributed by atoms with E-state index in [4.69, 9.17) is 24.3 Å². The third kappa shape index (κ3) is 34.1. The second-order valence-corrected chi connectivity index (χ2v) is 13.5. The molecule has 0 fully saturated rings. The van der Waals surface area contributed by atoms with E-state index >= 15 is 0 Å². The number of esters is 1. The Morgan fingerprint density at radius 3 is 1.80 bits per heavy atom. The number of carbonyl (C=O) groups is 1. The van der Waals surface area contributed by atoms with Gasteiger partial charge < -0.3 is 20.1 Å². The van der Waals surface area contributed by atoms with Crippen LogP contribution in [-0.4, -0.2) is 49.9 Å². The van der Waals surface area contributed by atoms with E-state index in [1.165, 1.54) is 64.2 Å². The van der Waals surface area contributed by atoms with Gasteiger partial charge in [-0.25, -0.2) is 4.57 Å². The van der Waals surface area contributed by atoms with Crippen molar-refractivity contribution in [1.82, 2.24) is 0 Å². The molecule has 8 nitrogen and oxygen atoms in total. The van der Waals surface area contributed by atoms with Gasteiger partial charge in [-0.15, -0.1) is 0 Å². The molecule has 0 rings (SSSR count). The largest absolute Gasteiger partial charge is 0.472 e. The molecule has 0 radical (unpaired) electrons. The van der Waals surface area contributed by atoms with Crippen LogP contribution < -0.4 is 5.73 Å². The molecule has 0 saturated heterocycles. The van der Waals surface area contributed by atoms with Crippen LogP contribution in [0.2, 0.25) is 0 Å². The lowest BCUT2D eigenvalue weighted by Crippen LogP contribution is -2.28. The number of phosphoric acid groups is 1. The fourth-order valence-electron chi connectivity index (χ4n) is 4.79. The first kappa shape index (κ1) is 44.7. The molecule has 0 bridgehead atoms. The highest BCUT2D eigenvalue weighted by Crippen LogP contribution is 2.43. The summed E-state index contributed by atoms with van der Waals surface area (Å²) in [6, 6.07) is 0. The topological polar surface area (TPSA) is 117 Å². The van der Waals surface area contributed by atoms with Crippen molar-refractivity contribution in [2.45, 2.75) is 161 Å². The molecule has 2 atom stereocenters. The van der Waals surface area contributed by atoms with Crippen molar-refractivity contribution in [3.05, 3.63) is 36.5 Å². The Morgan fingerprint density at radius 1 is 0.652 bits per heavy atom. The number of rotatable bonds is 35. The van der Waals surface area contributed by atoms with Gasteiger partial charge in [0.1, 0.15) is 6.10 Å². The molecule has 0 aromatic heterocycles. The van der Waals surface area contributed by atoms with Gasteiger partial charge in [0.2, 0.25) is 0 Å². The van der Waals surface area contributed by atoms with Gasteiger partial charge in [-0.1, -0.05) is 121 Å². The maximum Gasteiger partial charge on any atom is 0.472 e. The summed E-state index contributed by atoms with van der Waals surface area (Å²) in [5, 5.41) is 0. The van der Waals surface area contributed by atoms with E-state index in [9.17, 15) is 14.3 Å². The van der Waals surface area contributed by atoms with E-state index in [-0.39, 0.29) is 32.3 Å². The first-order chi connectivity index (χ1) is 22.4. The normalized spacial score (nSPS) is 14.1. The van der Waals surface area contributed by atoms with Crippen molar-refractivity contribution in [3.8, 4) is 0 Å². The highest BCUT2D eigenvalue weighted by molar-refractivity contribution is 7.47. The molecular formula is C37H70NO7P. The minimum atomic E-state index is -4.27. The molecule has 270 valence electrons. The Hall–Kier alpha value is -1.28. The van der Waals surface area contributed by atoms with Gasteiger partial charge in [0.25, 0.3) is 0 Å². The number of carbonyl (C=O) groups excluding carboxylic acids is 1. The van der Waals surface area contributed by atoms with E-state index in [1.54, 1.807) is 0 Å². The predicted molar refractivity (Wildman–Crippen MR) is 192 cm³/mol. The summed E-state index contributed by atoms with van der Waals surface area (Å²) in [6.07, 6.45) is 37.2. The molecule has 0 amide bonds. The van der Waals surface area contributed by atoms with Crippen LogP contribution in [-0.2, 0) is 27.9 Å². The maximum absolute atomic E-state index is 12.5. The molecular weight excluding hydrogens is 601 g/mol. The van der Waals surface area contributed by atoms with Crippen molar-refractivity contribution in [1.29, 1.82) is 0 Å². The lowest BCUT2D eigenvalue weighted by Gasteiger charge is -2.20. The zero-order valence-electron chi connectivity index (χ0n) is 29.6. The highest BCUT2D eigenvalue weighted by atomic mass is 31.2. The third-order valence-corrected chi connectivity index (χ3v) is 8.49. The Morgan fingerprint density at radius 2 is 1.20 bits per heavy atom. The third-order valence-electron chi connectivity index (χ3n) is 7.51. The Labute approximate surface area is 282 Å². The first-order valence-corrected chi connectivity index (χ1v) is 20.0. The summed E-state index contributed by atoms with van der Waals surface area (Å²) in [4.78, 5) is 22.3. The second kappa shape index (κ2) is 35.0. The molecule has 0 saturated carbocycles. The summed E-state index contributed by atoms with van der Waals surface area (Å²) in [6.45, 7) is 4.79. The molecule has 0 aromatic carbocycles. The average molecular weight is 672 g/mol. The summed E-state index contributed by atoms with van der Waals surface area (Å²) in [5.41, 5.74) is 5.34. The zero-order valence-corrected chi connectivity index (χ0v) is 30.4. The van der Waals surface area contributed by atoms with Crippen molar-refractivity contribution in [2.75, 3.05) is 33.0 Å². The van der Waals surface area contributed by atoms with Gasteiger partial charge in [-0.2, -0.15) is 0 Å². The Kier molecular flexibility index (Phi) is 34.1. The van der Waals surface area contributed by atoms with E-state index in [0.717, 1.165) is 70.6 Å². The van der Waals surface area contributed by atoms with Crippen LogP contribution in [0.1, 0.15) is 155 Å². The predicted octanol–water partition coefficient (Wildman–Crippen LogP) is 10.3. The number of hydrogen-bond acceptors (Lipinski definition) is 7. The van der Waals surface area contributed by atoms with Crippen molar-refractivity contribution in [2.24, 2.45) is 5.73 Å². The molecule has 0 spiro atoms. The summed E-state index contributed by atoms with van der Waals surface area (Å²) in [5.74, 6) is -0.346. The number of allylic oxidation sites excluding steroid dienone is 6. The van der Waals surface area contributed by atoms with Gasteiger partial charge in [0.05, 0.1) is 19.8 Å². The van der Waals surface area contributed by atoms with Crippen LogP contribution in [0, 0.1) is 0 Å². The monoisotopic (exact) mass is 671 g/mol. The summed E-state index contributed by atoms with van der Waals surface area (Å²) in [7, 11) is -4.27. The van der Waals surface area contributed by atoms with Crippen molar-refractivity contribution < 1.29 is 32.8 Å². The van der Waals surface area contributed by atoms with Crippen LogP contribution >= 0.6 is 7.82 Å². The second-order valence-electron chi connectivity index (χ2n) is 12.1. The van der Waals surface area contributed by atoms with E-state index in [2.05, 4.69) is 50.3 Å². The lowest BCUT2D eigenvalue weighted by molar-refractivity contribution is -0.154. The van der Waals surface area contributed by atoms with Crippen LogP contribution in [0.3, 0.4) is 0 Å². The Balaban J connectivity index is 4.14. The fraction of sp³-hybridized carbons (Fsp3) is 0.811. The summed E-state index contributed by atoms with van der Waals surface area (Å²) >= 11 is 0. The standard InChI is InChI=1S/C37H70NO7P/c1-3-5-7-9-11-13-15-17-19-21-23-25-27-29-32-42-34-36(35-44-46(40,41)43-33-31-38)45-37(39)30-28-26-24-22-20-18-16-14-12-10-8-6-4-2/h7,9,13-16,36H,3-6,8,10-12,17-35,38H2,1-2H3,(H,40,41)/b9-7-,15-13-,16-14-. The zero-order chi connectivity index (χ0) is 33.8. The number of ether oxygens (including phenoxy) is 2. The van der Waals surface area contributed by atoms with Gasteiger partial charge in [-0.3, -0.25) is 13.8 Å². The van der Waals surface area contributed by atoms with Gasteiger partial charge in [0, 0.05) is 19.6 Å². The van der Waals surface area contributed by atoms with Crippen LogP contribution in [0.4, 0.5) is 0 Å². The molecule has 3 N–H and O–H groups in total. The van der Waals surface area contributed by atoms with Crippen LogP contribution in [0.15, 0.2) is 36.5 Å². The molecule has 46 heavy (non-hydrogen) atoms. The summed E-state index contributed by atoms with van der Waals surface area (Å²) < 4.78 is 33.2.